The minimum Gasteiger partial charge on any atom is -0.373 e. The number of fused-ring (bicyclic) bond motifs is 1. The fraction of sp³-hybridized carbons (Fsp3) is 0.458. The highest BCUT2D eigenvalue weighted by Crippen LogP contribution is 2.28. The summed E-state index contributed by atoms with van der Waals surface area (Å²) >= 11 is 0. The second-order valence-electron chi connectivity index (χ2n) is 8.48. The Morgan fingerprint density at radius 3 is 2.61 bits per heavy atom. The van der Waals surface area contributed by atoms with Crippen LogP contribution in [-0.4, -0.2) is 40.5 Å². The summed E-state index contributed by atoms with van der Waals surface area (Å²) in [5, 5.41) is 11.6. The van der Waals surface area contributed by atoms with E-state index in [1.54, 1.807) is 19.1 Å². The third kappa shape index (κ3) is 4.23. The smallest absolute Gasteiger partial charge is 0.270 e. The summed E-state index contributed by atoms with van der Waals surface area (Å²) in [6.45, 7) is 5.42. The molecule has 2 amide bonds. The van der Waals surface area contributed by atoms with Crippen molar-refractivity contribution in [1.29, 1.82) is 5.26 Å². The van der Waals surface area contributed by atoms with E-state index in [0.29, 0.717) is 31.1 Å². The second kappa shape index (κ2) is 9.32. The van der Waals surface area contributed by atoms with Gasteiger partial charge in [0.1, 0.15) is 17.3 Å². The molecule has 1 aromatic carbocycles. The van der Waals surface area contributed by atoms with E-state index in [0.717, 1.165) is 25.0 Å². The number of benzene rings is 1. The normalized spacial score (nSPS) is 18.5. The van der Waals surface area contributed by atoms with Crippen LogP contribution in [0.2, 0.25) is 0 Å². The van der Waals surface area contributed by atoms with Gasteiger partial charge in [-0.1, -0.05) is 6.92 Å². The van der Waals surface area contributed by atoms with Gasteiger partial charge in [-0.2, -0.15) is 5.26 Å². The van der Waals surface area contributed by atoms with Crippen molar-refractivity contribution in [3.63, 3.8) is 0 Å². The summed E-state index contributed by atoms with van der Waals surface area (Å²) in [6.07, 6.45) is 2.11. The lowest BCUT2D eigenvalue weighted by molar-refractivity contribution is 0.0683. The Morgan fingerprint density at radius 2 is 2.00 bits per heavy atom. The van der Waals surface area contributed by atoms with Gasteiger partial charge in [0.05, 0.1) is 42.1 Å². The Balaban J connectivity index is 1.65. The number of nitriles is 1. The number of carbonyl (C=O) groups is 2. The van der Waals surface area contributed by atoms with Gasteiger partial charge in [0, 0.05) is 24.7 Å². The molecule has 9 heteroatoms. The molecule has 1 aromatic heterocycles. The van der Waals surface area contributed by atoms with Gasteiger partial charge in [-0.15, -0.1) is 0 Å². The molecule has 3 heterocycles. The van der Waals surface area contributed by atoms with Gasteiger partial charge < -0.3 is 19.5 Å². The standard InChI is InChI=1S/C24H26F2N4O3/c1-3-19(22-17(25)9-15(12-27)10-18(22)26)28-23(31)16-11-20(30-7-8-33-13-21(16)30)24(32)29-6-4-5-14(29)2/h9-11,14,19H,3-8,13H2,1-2H3,(H,28,31)/t14?,19-/m1/s1. The Bertz CT molecular complexity index is 1110. The van der Waals surface area contributed by atoms with E-state index < -0.39 is 23.6 Å². The Kier molecular flexibility index (Phi) is 6.47. The molecule has 0 bridgehead atoms. The van der Waals surface area contributed by atoms with Crippen LogP contribution in [0.5, 0.6) is 0 Å². The number of rotatable bonds is 5. The number of carbonyl (C=O) groups excluding carboxylic acids is 2. The molecule has 7 nitrogen and oxygen atoms in total. The van der Waals surface area contributed by atoms with Gasteiger partial charge in [-0.3, -0.25) is 9.59 Å². The molecule has 4 rings (SSSR count). The lowest BCUT2D eigenvalue weighted by Gasteiger charge is -2.24. The van der Waals surface area contributed by atoms with Crippen molar-refractivity contribution in [3.8, 4) is 6.07 Å². The SMILES string of the molecule is CC[C@@H](NC(=O)c1cc(C(=O)N2CCCC2C)n2c1COCC2)c1c(F)cc(C#N)cc1F. The zero-order chi connectivity index (χ0) is 23.7. The number of nitrogens with one attached hydrogen (secondary N) is 1. The second-order valence-corrected chi connectivity index (χ2v) is 8.48. The Morgan fingerprint density at radius 1 is 1.27 bits per heavy atom. The summed E-state index contributed by atoms with van der Waals surface area (Å²) in [5.74, 6) is -2.44. The van der Waals surface area contributed by atoms with Crippen molar-refractivity contribution in [2.45, 2.75) is 58.3 Å². The van der Waals surface area contributed by atoms with Crippen LogP contribution in [0.3, 0.4) is 0 Å². The highest BCUT2D eigenvalue weighted by atomic mass is 19.1. The van der Waals surface area contributed by atoms with Gasteiger partial charge in [-0.25, -0.2) is 8.78 Å². The van der Waals surface area contributed by atoms with Gasteiger partial charge in [0.2, 0.25) is 0 Å². The average molecular weight is 456 g/mol. The molecule has 174 valence electrons. The van der Waals surface area contributed by atoms with E-state index >= 15 is 0 Å². The van der Waals surface area contributed by atoms with Crippen LogP contribution >= 0.6 is 0 Å². The lowest BCUT2D eigenvalue weighted by Crippen LogP contribution is -2.35. The van der Waals surface area contributed by atoms with Crippen LogP contribution in [0.15, 0.2) is 18.2 Å². The number of hydrogen-bond acceptors (Lipinski definition) is 4. The third-order valence-corrected chi connectivity index (χ3v) is 6.45. The number of amides is 2. The first kappa shape index (κ1) is 22.9. The highest BCUT2D eigenvalue weighted by molar-refractivity contribution is 6.01. The van der Waals surface area contributed by atoms with Crippen molar-refractivity contribution >= 4 is 11.8 Å². The fourth-order valence-corrected chi connectivity index (χ4v) is 4.68. The zero-order valence-electron chi connectivity index (χ0n) is 18.7. The molecular weight excluding hydrogens is 430 g/mol. The average Bonchev–Trinajstić information content (AvgIpc) is 3.41. The molecule has 1 saturated heterocycles. The summed E-state index contributed by atoms with van der Waals surface area (Å²) in [5.41, 5.74) is 0.836. The molecule has 1 unspecified atom stereocenters. The third-order valence-electron chi connectivity index (χ3n) is 6.45. The van der Waals surface area contributed by atoms with Gasteiger partial charge >= 0.3 is 0 Å². The van der Waals surface area contributed by atoms with Gasteiger partial charge in [0.25, 0.3) is 11.8 Å². The van der Waals surface area contributed by atoms with Crippen molar-refractivity contribution in [2.24, 2.45) is 0 Å². The first-order chi connectivity index (χ1) is 15.8. The lowest BCUT2D eigenvalue weighted by atomic mass is 10.0. The van der Waals surface area contributed by atoms with Crippen molar-refractivity contribution in [2.75, 3.05) is 13.2 Å². The fourth-order valence-electron chi connectivity index (χ4n) is 4.68. The molecule has 0 spiro atoms. The minimum atomic E-state index is -0.942. The number of hydrogen-bond donors (Lipinski definition) is 1. The van der Waals surface area contributed by atoms with Crippen LogP contribution in [0, 0.1) is 23.0 Å². The van der Waals surface area contributed by atoms with Gasteiger partial charge in [0.15, 0.2) is 0 Å². The van der Waals surface area contributed by atoms with E-state index in [-0.39, 0.29) is 41.7 Å². The maximum absolute atomic E-state index is 14.6. The first-order valence-corrected chi connectivity index (χ1v) is 11.2. The summed E-state index contributed by atoms with van der Waals surface area (Å²) < 4.78 is 36.5. The predicted octanol–water partition coefficient (Wildman–Crippen LogP) is 3.67. The molecule has 2 atom stereocenters. The van der Waals surface area contributed by atoms with Crippen molar-refractivity contribution in [3.05, 3.63) is 57.9 Å². The van der Waals surface area contributed by atoms with Crippen LogP contribution < -0.4 is 5.32 Å². The molecular formula is C24H26F2N4O3. The quantitative estimate of drug-likeness (QED) is 0.744. The number of aromatic nitrogens is 1. The maximum atomic E-state index is 14.6. The molecule has 0 saturated carbocycles. The van der Waals surface area contributed by atoms with Crippen LogP contribution in [-0.2, 0) is 17.9 Å². The molecule has 2 aromatic rings. The Labute approximate surface area is 190 Å². The van der Waals surface area contributed by atoms with E-state index in [1.807, 2.05) is 16.4 Å². The van der Waals surface area contributed by atoms with Gasteiger partial charge in [-0.05, 0) is 44.4 Å². The summed E-state index contributed by atoms with van der Waals surface area (Å²) in [7, 11) is 0. The predicted molar refractivity (Wildman–Crippen MR) is 115 cm³/mol. The minimum absolute atomic E-state index is 0.126. The molecule has 1 fully saturated rings. The summed E-state index contributed by atoms with van der Waals surface area (Å²) in [4.78, 5) is 28.3. The largest absolute Gasteiger partial charge is 0.373 e. The van der Waals surface area contributed by atoms with E-state index in [2.05, 4.69) is 5.32 Å². The number of nitrogens with zero attached hydrogens (tertiary/aromatic N) is 3. The van der Waals surface area contributed by atoms with Crippen molar-refractivity contribution < 1.29 is 23.1 Å². The molecule has 0 radical (unpaired) electrons. The maximum Gasteiger partial charge on any atom is 0.270 e. The van der Waals surface area contributed by atoms with Crippen LogP contribution in [0.25, 0.3) is 0 Å². The number of ether oxygens (including phenoxy) is 1. The molecule has 33 heavy (non-hydrogen) atoms. The molecule has 2 aliphatic heterocycles. The number of halogens is 2. The molecule has 2 aliphatic rings. The Hall–Kier alpha value is -3.25. The zero-order valence-corrected chi connectivity index (χ0v) is 18.7. The van der Waals surface area contributed by atoms with E-state index in [4.69, 9.17) is 10.00 Å². The highest BCUT2D eigenvalue weighted by Gasteiger charge is 2.33. The van der Waals surface area contributed by atoms with Crippen LogP contribution in [0.4, 0.5) is 8.78 Å². The van der Waals surface area contributed by atoms with Crippen molar-refractivity contribution in [1.82, 2.24) is 14.8 Å². The first-order valence-electron chi connectivity index (χ1n) is 11.2. The molecule has 1 N–H and O–H groups in total. The molecule has 0 aliphatic carbocycles. The van der Waals surface area contributed by atoms with Crippen LogP contribution in [0.1, 0.15) is 76.8 Å². The van der Waals surface area contributed by atoms with E-state index in [1.165, 1.54) is 0 Å². The monoisotopic (exact) mass is 456 g/mol. The number of likely N-dealkylation sites (tertiary alicyclic amines) is 1. The summed E-state index contributed by atoms with van der Waals surface area (Å²) in [6, 6.07) is 4.37. The topological polar surface area (TPSA) is 87.4 Å². The van der Waals surface area contributed by atoms with E-state index in [9.17, 15) is 18.4 Å².